The number of nitrogens with two attached hydrogens (primary N) is 1. The monoisotopic (exact) mass is 320 g/mol. The van der Waals surface area contributed by atoms with Gasteiger partial charge in [-0.3, -0.25) is 0 Å². The summed E-state index contributed by atoms with van der Waals surface area (Å²) < 4.78 is 28.5. The highest BCUT2D eigenvalue weighted by atomic mass is 32.2. The SMILES string of the molecule is CC(C)CC(C)(CN)NS(=O)(=O)c1cccc2ccccc12. The summed E-state index contributed by atoms with van der Waals surface area (Å²) in [6.07, 6.45) is 0.688. The van der Waals surface area contributed by atoms with E-state index in [4.69, 9.17) is 5.73 Å². The topological polar surface area (TPSA) is 72.2 Å². The smallest absolute Gasteiger partial charge is 0.241 e. The summed E-state index contributed by atoms with van der Waals surface area (Å²) in [5.74, 6) is 0.351. The second-order valence-corrected chi connectivity index (χ2v) is 8.10. The van der Waals surface area contributed by atoms with Gasteiger partial charge in [0.1, 0.15) is 0 Å². The van der Waals surface area contributed by atoms with Crippen LogP contribution in [-0.4, -0.2) is 20.5 Å². The lowest BCUT2D eigenvalue weighted by Gasteiger charge is -2.31. The van der Waals surface area contributed by atoms with E-state index in [9.17, 15) is 8.42 Å². The summed E-state index contributed by atoms with van der Waals surface area (Å²) in [4.78, 5) is 0.300. The van der Waals surface area contributed by atoms with Gasteiger partial charge in [-0.1, -0.05) is 50.2 Å². The highest BCUT2D eigenvalue weighted by molar-refractivity contribution is 7.89. The number of fused-ring (bicyclic) bond motifs is 1. The molecule has 0 bridgehead atoms. The van der Waals surface area contributed by atoms with E-state index in [1.165, 1.54) is 0 Å². The van der Waals surface area contributed by atoms with E-state index in [0.717, 1.165) is 10.8 Å². The Labute approximate surface area is 132 Å². The molecular weight excluding hydrogens is 296 g/mol. The molecule has 4 nitrogen and oxygen atoms in total. The summed E-state index contributed by atoms with van der Waals surface area (Å²) in [5, 5.41) is 1.63. The molecule has 0 amide bonds. The molecule has 0 spiro atoms. The molecular formula is C17H24N2O2S. The van der Waals surface area contributed by atoms with Crippen LogP contribution in [0.25, 0.3) is 10.8 Å². The van der Waals surface area contributed by atoms with E-state index >= 15 is 0 Å². The highest BCUT2D eigenvalue weighted by Gasteiger charge is 2.30. The average molecular weight is 320 g/mol. The molecule has 0 aliphatic heterocycles. The van der Waals surface area contributed by atoms with Gasteiger partial charge < -0.3 is 5.73 Å². The zero-order chi connectivity index (χ0) is 16.4. The zero-order valence-corrected chi connectivity index (χ0v) is 14.2. The van der Waals surface area contributed by atoms with Gasteiger partial charge in [0.05, 0.1) is 4.90 Å². The fourth-order valence-corrected chi connectivity index (χ4v) is 4.54. The van der Waals surface area contributed by atoms with Crippen LogP contribution in [0.3, 0.4) is 0 Å². The molecule has 3 N–H and O–H groups in total. The van der Waals surface area contributed by atoms with Crippen molar-refractivity contribution in [1.29, 1.82) is 0 Å². The molecule has 1 atom stereocenters. The molecule has 120 valence electrons. The first-order chi connectivity index (χ1) is 10.3. The molecule has 0 aliphatic carbocycles. The van der Waals surface area contributed by atoms with Crippen LogP contribution in [-0.2, 0) is 10.0 Å². The van der Waals surface area contributed by atoms with Gasteiger partial charge in [-0.05, 0) is 30.7 Å². The number of rotatable bonds is 6. The predicted molar refractivity (Wildman–Crippen MR) is 91.2 cm³/mol. The Morgan fingerprint density at radius 2 is 1.77 bits per heavy atom. The van der Waals surface area contributed by atoms with Gasteiger partial charge in [-0.25, -0.2) is 13.1 Å². The first kappa shape index (κ1) is 16.9. The molecule has 0 radical (unpaired) electrons. The van der Waals surface area contributed by atoms with Gasteiger partial charge in [-0.15, -0.1) is 0 Å². The van der Waals surface area contributed by atoms with Crippen LogP contribution < -0.4 is 10.5 Å². The van der Waals surface area contributed by atoms with Crippen molar-refractivity contribution in [2.45, 2.75) is 37.6 Å². The van der Waals surface area contributed by atoms with Crippen molar-refractivity contribution in [3.63, 3.8) is 0 Å². The quantitative estimate of drug-likeness (QED) is 0.859. The van der Waals surface area contributed by atoms with Gasteiger partial charge in [-0.2, -0.15) is 0 Å². The summed E-state index contributed by atoms with van der Waals surface area (Å²) in [5.41, 5.74) is 5.18. The Morgan fingerprint density at radius 1 is 1.14 bits per heavy atom. The second-order valence-electron chi connectivity index (χ2n) is 6.45. The van der Waals surface area contributed by atoms with E-state index in [-0.39, 0.29) is 6.54 Å². The van der Waals surface area contributed by atoms with E-state index in [1.54, 1.807) is 12.1 Å². The van der Waals surface area contributed by atoms with Crippen LogP contribution in [0.15, 0.2) is 47.4 Å². The predicted octanol–water partition coefficient (Wildman–Crippen LogP) is 2.88. The van der Waals surface area contributed by atoms with Crippen molar-refractivity contribution < 1.29 is 8.42 Å². The molecule has 5 heteroatoms. The van der Waals surface area contributed by atoms with Gasteiger partial charge >= 0.3 is 0 Å². The Morgan fingerprint density at radius 3 is 2.41 bits per heavy atom. The third-order valence-electron chi connectivity index (χ3n) is 3.73. The van der Waals surface area contributed by atoms with Gasteiger partial charge in [0.15, 0.2) is 0 Å². The maximum absolute atomic E-state index is 12.8. The molecule has 0 fully saturated rings. The molecule has 0 aromatic heterocycles. The third-order valence-corrected chi connectivity index (χ3v) is 5.43. The molecule has 22 heavy (non-hydrogen) atoms. The first-order valence-corrected chi connectivity index (χ1v) is 8.97. The van der Waals surface area contributed by atoms with E-state index in [0.29, 0.717) is 17.2 Å². The molecule has 0 saturated heterocycles. The third kappa shape index (κ3) is 3.66. The van der Waals surface area contributed by atoms with Crippen molar-refractivity contribution >= 4 is 20.8 Å². The highest BCUT2D eigenvalue weighted by Crippen LogP contribution is 2.25. The summed E-state index contributed by atoms with van der Waals surface area (Å²) >= 11 is 0. The number of hydrogen-bond donors (Lipinski definition) is 2. The minimum atomic E-state index is -3.63. The van der Waals surface area contributed by atoms with E-state index in [2.05, 4.69) is 18.6 Å². The van der Waals surface area contributed by atoms with Crippen molar-refractivity contribution in [1.82, 2.24) is 4.72 Å². The fourth-order valence-electron chi connectivity index (χ4n) is 2.88. The number of hydrogen-bond acceptors (Lipinski definition) is 3. The first-order valence-electron chi connectivity index (χ1n) is 7.49. The molecule has 0 saturated carbocycles. The normalized spacial score (nSPS) is 15.1. The van der Waals surface area contributed by atoms with Crippen molar-refractivity contribution in [2.24, 2.45) is 11.7 Å². The lowest BCUT2D eigenvalue weighted by atomic mass is 9.92. The Hall–Kier alpha value is -1.43. The van der Waals surface area contributed by atoms with Crippen LogP contribution in [0.1, 0.15) is 27.2 Å². The molecule has 2 aromatic rings. The lowest BCUT2D eigenvalue weighted by Crippen LogP contribution is -2.52. The molecule has 2 aromatic carbocycles. The largest absolute Gasteiger partial charge is 0.329 e. The van der Waals surface area contributed by atoms with Gasteiger partial charge in [0.25, 0.3) is 0 Å². The Bertz CT molecular complexity index is 751. The minimum absolute atomic E-state index is 0.259. The second kappa shape index (κ2) is 6.36. The molecule has 1 unspecified atom stereocenters. The average Bonchev–Trinajstić information content (AvgIpc) is 2.45. The van der Waals surface area contributed by atoms with Crippen LogP contribution in [0.4, 0.5) is 0 Å². The van der Waals surface area contributed by atoms with Crippen LogP contribution in [0.5, 0.6) is 0 Å². The van der Waals surface area contributed by atoms with E-state index in [1.807, 2.05) is 37.3 Å². The lowest BCUT2D eigenvalue weighted by molar-refractivity contribution is 0.344. The summed E-state index contributed by atoms with van der Waals surface area (Å²) in [7, 11) is -3.63. The number of sulfonamides is 1. The summed E-state index contributed by atoms with van der Waals surface area (Å²) in [6.45, 7) is 6.23. The van der Waals surface area contributed by atoms with Crippen molar-refractivity contribution in [3.05, 3.63) is 42.5 Å². The minimum Gasteiger partial charge on any atom is -0.329 e. The maximum Gasteiger partial charge on any atom is 0.241 e. The van der Waals surface area contributed by atoms with Gasteiger partial charge in [0.2, 0.25) is 10.0 Å². The van der Waals surface area contributed by atoms with Crippen LogP contribution in [0.2, 0.25) is 0 Å². The number of nitrogens with one attached hydrogen (secondary N) is 1. The van der Waals surface area contributed by atoms with Crippen molar-refractivity contribution in [2.75, 3.05) is 6.54 Å². The van der Waals surface area contributed by atoms with Crippen molar-refractivity contribution in [3.8, 4) is 0 Å². The maximum atomic E-state index is 12.8. The zero-order valence-electron chi connectivity index (χ0n) is 13.3. The molecule has 0 aliphatic rings. The van der Waals surface area contributed by atoms with Gasteiger partial charge in [0, 0.05) is 17.5 Å². The Balaban J connectivity index is 2.45. The van der Waals surface area contributed by atoms with Crippen LogP contribution >= 0.6 is 0 Å². The fraction of sp³-hybridized carbons (Fsp3) is 0.412. The molecule has 0 heterocycles. The molecule has 2 rings (SSSR count). The standard InChI is InChI=1S/C17H24N2O2S/c1-13(2)11-17(3,12-18)19-22(20,21)16-10-6-8-14-7-4-5-9-15(14)16/h4-10,13,19H,11-12,18H2,1-3H3. The van der Waals surface area contributed by atoms with Crippen LogP contribution in [0, 0.1) is 5.92 Å². The summed E-state index contributed by atoms with van der Waals surface area (Å²) in [6, 6.07) is 12.8. The number of benzene rings is 2. The Kier molecular flexibility index (Phi) is 4.90. The van der Waals surface area contributed by atoms with E-state index < -0.39 is 15.6 Å².